The molecule has 6 heteroatoms. The van der Waals surface area contributed by atoms with E-state index >= 15 is 0 Å². The quantitative estimate of drug-likeness (QED) is 0.792. The maximum Gasteiger partial charge on any atom is 0.408 e. The highest BCUT2D eigenvalue weighted by Crippen LogP contribution is 2.27. The van der Waals surface area contributed by atoms with Crippen LogP contribution in [-0.2, 0) is 14.4 Å². The van der Waals surface area contributed by atoms with Crippen LogP contribution in [0.4, 0.5) is 4.79 Å². The van der Waals surface area contributed by atoms with E-state index in [4.69, 9.17) is 9.57 Å². The normalized spacial score (nSPS) is 17.7. The molecule has 0 aliphatic heterocycles. The first-order chi connectivity index (χ1) is 10.2. The molecule has 22 heavy (non-hydrogen) atoms. The summed E-state index contributed by atoms with van der Waals surface area (Å²) >= 11 is 0. The molecule has 6 nitrogen and oxygen atoms in total. The lowest BCUT2D eigenvalue weighted by Crippen LogP contribution is -2.49. The molecule has 0 radical (unpaired) electrons. The Bertz CT molecular complexity index is 373. The van der Waals surface area contributed by atoms with Crippen LogP contribution in [0, 0.1) is 5.92 Å². The van der Waals surface area contributed by atoms with Crippen molar-refractivity contribution >= 4 is 12.0 Å². The fraction of sp³-hybridized carbons (Fsp3) is 0.875. The van der Waals surface area contributed by atoms with Crippen molar-refractivity contribution < 1.29 is 19.2 Å². The van der Waals surface area contributed by atoms with Gasteiger partial charge < -0.3 is 10.1 Å². The van der Waals surface area contributed by atoms with Gasteiger partial charge in [0, 0.05) is 7.05 Å². The number of carbonyl (C=O) groups excluding carboxylic acids is 2. The van der Waals surface area contributed by atoms with Crippen molar-refractivity contribution in [3.05, 3.63) is 0 Å². The third-order valence-corrected chi connectivity index (χ3v) is 3.87. The maximum absolute atomic E-state index is 12.4. The molecular formula is C16H30N2O4. The van der Waals surface area contributed by atoms with Crippen LogP contribution in [0.5, 0.6) is 0 Å². The van der Waals surface area contributed by atoms with Crippen molar-refractivity contribution in [3.63, 3.8) is 0 Å². The Labute approximate surface area is 133 Å². The molecule has 1 saturated carbocycles. The zero-order valence-electron chi connectivity index (χ0n) is 14.5. The molecule has 0 bridgehead atoms. The van der Waals surface area contributed by atoms with Crippen LogP contribution >= 0.6 is 0 Å². The van der Waals surface area contributed by atoms with Gasteiger partial charge in [0.1, 0.15) is 11.6 Å². The topological polar surface area (TPSA) is 67.9 Å². The Kier molecular flexibility index (Phi) is 7.13. The van der Waals surface area contributed by atoms with Crippen molar-refractivity contribution in [2.45, 2.75) is 70.9 Å². The van der Waals surface area contributed by atoms with Gasteiger partial charge in [-0.3, -0.25) is 9.63 Å². The monoisotopic (exact) mass is 314 g/mol. The number of nitrogens with one attached hydrogen (secondary N) is 1. The minimum Gasteiger partial charge on any atom is -0.444 e. The predicted molar refractivity (Wildman–Crippen MR) is 84.1 cm³/mol. The first kappa shape index (κ1) is 18.7. The molecule has 1 N–H and O–H groups in total. The van der Waals surface area contributed by atoms with Crippen LogP contribution in [0.2, 0.25) is 0 Å². The van der Waals surface area contributed by atoms with Crippen LogP contribution < -0.4 is 5.32 Å². The van der Waals surface area contributed by atoms with Crippen molar-refractivity contribution in [2.75, 3.05) is 14.2 Å². The summed E-state index contributed by atoms with van der Waals surface area (Å²) in [6.45, 7) is 5.39. The van der Waals surface area contributed by atoms with Gasteiger partial charge in [-0.1, -0.05) is 32.1 Å². The Hall–Kier alpha value is -1.30. The van der Waals surface area contributed by atoms with Crippen LogP contribution in [-0.4, -0.2) is 42.9 Å². The van der Waals surface area contributed by atoms with Gasteiger partial charge >= 0.3 is 6.09 Å². The molecule has 128 valence electrons. The van der Waals surface area contributed by atoms with Gasteiger partial charge in [-0.25, -0.2) is 9.86 Å². The molecule has 0 saturated heterocycles. The van der Waals surface area contributed by atoms with Gasteiger partial charge in [0.25, 0.3) is 5.91 Å². The van der Waals surface area contributed by atoms with E-state index in [2.05, 4.69) is 5.32 Å². The summed E-state index contributed by atoms with van der Waals surface area (Å²) in [4.78, 5) is 29.3. The van der Waals surface area contributed by atoms with Crippen molar-refractivity contribution in [2.24, 2.45) is 5.92 Å². The summed E-state index contributed by atoms with van der Waals surface area (Å²) in [6.07, 6.45) is 5.92. The molecule has 1 aliphatic carbocycles. The van der Waals surface area contributed by atoms with Crippen LogP contribution in [0.15, 0.2) is 0 Å². The van der Waals surface area contributed by atoms with Gasteiger partial charge in [-0.05, 0) is 33.1 Å². The summed E-state index contributed by atoms with van der Waals surface area (Å²) in [6, 6.07) is -0.608. The number of hydrogen-bond donors (Lipinski definition) is 1. The highest BCUT2D eigenvalue weighted by molar-refractivity contribution is 5.84. The fourth-order valence-corrected chi connectivity index (χ4v) is 2.74. The van der Waals surface area contributed by atoms with E-state index < -0.39 is 17.7 Å². The molecule has 1 atom stereocenters. The van der Waals surface area contributed by atoms with Gasteiger partial charge in [-0.15, -0.1) is 0 Å². The minimum atomic E-state index is -0.608. The number of carbonyl (C=O) groups is 2. The van der Waals surface area contributed by atoms with Gasteiger partial charge in [0.05, 0.1) is 7.11 Å². The van der Waals surface area contributed by atoms with Gasteiger partial charge in [0.15, 0.2) is 0 Å². The molecule has 0 spiro atoms. The number of likely N-dealkylation sites (N-methyl/N-ethyl adjacent to an activating group) is 1. The average Bonchev–Trinajstić information content (AvgIpc) is 2.44. The summed E-state index contributed by atoms with van der Waals surface area (Å²) in [5, 5.41) is 3.86. The van der Waals surface area contributed by atoms with Gasteiger partial charge in [0.2, 0.25) is 0 Å². The molecule has 0 aromatic heterocycles. The smallest absolute Gasteiger partial charge is 0.408 e. The van der Waals surface area contributed by atoms with Gasteiger partial charge in [-0.2, -0.15) is 0 Å². The standard InChI is InChI=1S/C16H30N2O4/c1-16(2,3)22-15(20)17-13(14(19)18(4)21-5)11-12-9-7-6-8-10-12/h12-13H,6-11H2,1-5H3,(H,17,20). The van der Waals surface area contributed by atoms with E-state index in [-0.39, 0.29) is 5.91 Å². The summed E-state index contributed by atoms with van der Waals surface area (Å²) in [5.41, 5.74) is -0.588. The third kappa shape index (κ3) is 6.64. The first-order valence-corrected chi connectivity index (χ1v) is 8.04. The van der Waals surface area contributed by atoms with Crippen molar-refractivity contribution in [1.82, 2.24) is 10.4 Å². The zero-order valence-corrected chi connectivity index (χ0v) is 14.5. The predicted octanol–water partition coefficient (Wildman–Crippen LogP) is 2.87. The largest absolute Gasteiger partial charge is 0.444 e. The van der Waals surface area contributed by atoms with E-state index in [0.29, 0.717) is 12.3 Å². The van der Waals surface area contributed by atoms with Crippen LogP contribution in [0.3, 0.4) is 0 Å². The van der Waals surface area contributed by atoms with E-state index in [0.717, 1.165) is 17.9 Å². The second-order valence-electron chi connectivity index (χ2n) is 6.96. The van der Waals surface area contributed by atoms with Crippen molar-refractivity contribution in [3.8, 4) is 0 Å². The second kappa shape index (κ2) is 8.36. The molecule has 0 aromatic carbocycles. The minimum absolute atomic E-state index is 0.251. The van der Waals surface area contributed by atoms with Crippen LogP contribution in [0.25, 0.3) is 0 Å². The Morgan fingerprint density at radius 2 is 1.82 bits per heavy atom. The van der Waals surface area contributed by atoms with E-state index in [1.165, 1.54) is 26.4 Å². The number of rotatable bonds is 5. The Morgan fingerprint density at radius 1 is 1.23 bits per heavy atom. The summed E-state index contributed by atoms with van der Waals surface area (Å²) < 4.78 is 5.26. The molecule has 1 fully saturated rings. The number of amides is 2. The van der Waals surface area contributed by atoms with E-state index in [1.54, 1.807) is 27.8 Å². The lowest BCUT2D eigenvalue weighted by Gasteiger charge is -2.29. The molecule has 0 aromatic rings. The molecule has 1 rings (SSSR count). The third-order valence-electron chi connectivity index (χ3n) is 3.87. The van der Waals surface area contributed by atoms with Crippen LogP contribution in [0.1, 0.15) is 59.3 Å². The highest BCUT2D eigenvalue weighted by Gasteiger charge is 2.29. The Morgan fingerprint density at radius 3 is 2.32 bits per heavy atom. The summed E-state index contributed by atoms with van der Waals surface area (Å²) in [5.74, 6) is 0.210. The highest BCUT2D eigenvalue weighted by atomic mass is 16.7. The lowest BCUT2D eigenvalue weighted by atomic mass is 9.84. The van der Waals surface area contributed by atoms with E-state index in [9.17, 15) is 9.59 Å². The molecule has 2 amide bonds. The second-order valence-corrected chi connectivity index (χ2v) is 6.96. The van der Waals surface area contributed by atoms with Crippen molar-refractivity contribution in [1.29, 1.82) is 0 Å². The lowest BCUT2D eigenvalue weighted by molar-refractivity contribution is -0.171. The molecule has 0 heterocycles. The molecule has 1 unspecified atom stereocenters. The number of ether oxygens (including phenoxy) is 1. The number of alkyl carbamates (subject to hydrolysis) is 1. The first-order valence-electron chi connectivity index (χ1n) is 8.04. The van der Waals surface area contributed by atoms with E-state index in [1.807, 2.05) is 0 Å². The molecular weight excluding hydrogens is 284 g/mol. The maximum atomic E-state index is 12.4. The number of hydrogen-bond acceptors (Lipinski definition) is 4. The fourth-order valence-electron chi connectivity index (χ4n) is 2.74. The SMILES string of the molecule is CON(C)C(=O)C(CC1CCCCC1)NC(=O)OC(C)(C)C. The number of hydroxylamine groups is 2. The molecule has 1 aliphatic rings. The summed E-state index contributed by atoms with van der Waals surface area (Å²) in [7, 11) is 2.98. The average molecular weight is 314 g/mol. The Balaban J connectivity index is 2.68. The zero-order chi connectivity index (χ0) is 16.8. The number of nitrogens with zero attached hydrogens (tertiary/aromatic N) is 1.